The monoisotopic (exact) mass is 536 g/mol. The van der Waals surface area contributed by atoms with Crippen LogP contribution in [0.2, 0.25) is 39.3 Å². The van der Waals surface area contributed by atoms with Gasteiger partial charge in [-0.25, -0.2) is 8.78 Å². The third-order valence-electron chi connectivity index (χ3n) is 3.84. The minimum absolute atomic E-state index is 0. The topological polar surface area (TPSA) is 0 Å². The second-order valence-electron chi connectivity index (χ2n) is 9.14. The largest absolute Gasteiger partial charge is 0.207 e. The zero-order valence-electron chi connectivity index (χ0n) is 20.1. The van der Waals surface area contributed by atoms with E-state index in [1.54, 1.807) is 6.07 Å². The van der Waals surface area contributed by atoms with Crippen molar-refractivity contribution in [2.45, 2.75) is 73.4 Å². The first-order valence-corrected chi connectivity index (χ1v) is 18.2. The van der Waals surface area contributed by atoms with Gasteiger partial charge >= 0.3 is 0 Å². The summed E-state index contributed by atoms with van der Waals surface area (Å²) in [7, 11) is -2.47. The van der Waals surface area contributed by atoms with Gasteiger partial charge in [-0.1, -0.05) is 94.5 Å². The highest BCUT2D eigenvalue weighted by Crippen LogP contribution is 2.15. The van der Waals surface area contributed by atoms with Crippen molar-refractivity contribution in [1.29, 1.82) is 0 Å². The second kappa shape index (κ2) is 15.2. The van der Waals surface area contributed by atoms with E-state index < -0.39 is 16.1 Å². The summed E-state index contributed by atoms with van der Waals surface area (Å²) < 4.78 is 27.0. The molecule has 0 fully saturated rings. The fourth-order valence-electron chi connectivity index (χ4n) is 1.98. The Kier molecular flexibility index (Phi) is 15.5. The van der Waals surface area contributed by atoms with Crippen LogP contribution in [0.5, 0.6) is 0 Å². The maximum absolute atomic E-state index is 13.4. The Labute approximate surface area is 206 Å². The molecule has 0 bridgehead atoms. The highest BCUT2D eigenvalue weighted by Gasteiger charge is 2.08. The van der Waals surface area contributed by atoms with Crippen LogP contribution in [0.15, 0.2) is 40.9 Å². The van der Waals surface area contributed by atoms with E-state index in [1.807, 2.05) is 32.0 Å². The maximum atomic E-state index is 13.4. The van der Waals surface area contributed by atoms with Crippen LogP contribution >= 0.6 is 15.9 Å². The zero-order valence-corrected chi connectivity index (χ0v) is 23.7. The van der Waals surface area contributed by atoms with Gasteiger partial charge in [-0.05, 0) is 48.2 Å². The molecular weight excluding hydrogens is 498 g/mol. The molecule has 0 aliphatic rings. The molecule has 0 spiro atoms. The van der Waals surface area contributed by atoms with Gasteiger partial charge in [0.2, 0.25) is 0 Å². The van der Waals surface area contributed by atoms with Gasteiger partial charge in [0.25, 0.3) is 0 Å². The summed E-state index contributed by atoms with van der Waals surface area (Å²) in [6.07, 6.45) is 6.60. The van der Waals surface area contributed by atoms with E-state index in [4.69, 9.17) is 6.42 Å². The first-order chi connectivity index (χ1) is 14.2. The van der Waals surface area contributed by atoms with Crippen molar-refractivity contribution in [3.05, 3.63) is 69.2 Å². The molecule has 2 rings (SSSR count). The normalized spacial score (nSPS) is 10.1. The summed E-state index contributed by atoms with van der Waals surface area (Å²) in [6.45, 7) is 16.9. The first kappa shape index (κ1) is 32.5. The Balaban J connectivity index is 0. The third-order valence-corrected chi connectivity index (χ3v) is 6.08. The standard InChI is InChI=1S/C13H17FSi.C8H8BrF.C5H10Si.CH4/c1-5-12-7-6-11(10-13(12)14)8-9-15(2,3)4;1-2-6-3-4-7(9)5-8(6)10;1-5-6(2,3)4;/h6-7,10H,5H2,1-4H3;3-5H,2H2,1H3;1H,2-4H3;1H4. The molecule has 2 aromatic carbocycles. The van der Waals surface area contributed by atoms with Gasteiger partial charge in [0.15, 0.2) is 0 Å². The molecule has 0 aliphatic carbocycles. The van der Waals surface area contributed by atoms with E-state index in [-0.39, 0.29) is 19.1 Å². The van der Waals surface area contributed by atoms with E-state index in [9.17, 15) is 8.78 Å². The minimum Gasteiger partial charge on any atom is -0.207 e. The average Bonchev–Trinajstić information content (AvgIpc) is 2.66. The number of hydrogen-bond donors (Lipinski definition) is 0. The summed E-state index contributed by atoms with van der Waals surface area (Å²) in [5.41, 5.74) is 8.28. The lowest BCUT2D eigenvalue weighted by molar-refractivity contribution is 0.611. The Bertz CT molecular complexity index is 937. The molecule has 0 saturated heterocycles. The number of terminal acetylenes is 1. The molecular formula is C27H39BrF2Si2. The van der Waals surface area contributed by atoms with Crippen molar-refractivity contribution in [2.75, 3.05) is 0 Å². The molecule has 0 aliphatic heterocycles. The van der Waals surface area contributed by atoms with Crippen LogP contribution in [0.4, 0.5) is 8.78 Å². The minimum atomic E-state index is -1.36. The number of rotatable bonds is 2. The Morgan fingerprint density at radius 3 is 1.59 bits per heavy atom. The molecule has 5 heteroatoms. The van der Waals surface area contributed by atoms with Gasteiger partial charge in [0.1, 0.15) is 27.8 Å². The van der Waals surface area contributed by atoms with E-state index in [0.717, 1.165) is 34.0 Å². The lowest BCUT2D eigenvalue weighted by Gasteiger charge is -2.04. The Hall–Kier alpha value is -1.67. The lowest BCUT2D eigenvalue weighted by Crippen LogP contribution is -2.16. The summed E-state index contributed by atoms with van der Waals surface area (Å²) in [5, 5.41) is 0. The zero-order chi connectivity index (χ0) is 24.2. The van der Waals surface area contributed by atoms with Crippen LogP contribution in [-0.4, -0.2) is 16.1 Å². The lowest BCUT2D eigenvalue weighted by atomic mass is 10.1. The van der Waals surface area contributed by atoms with E-state index in [1.165, 1.54) is 12.1 Å². The SMILES string of the molecule is C.C#C[Si](C)(C)C.CCc1ccc(Br)cc1F.CCc1ccc(C#C[Si](C)(C)C)cc1F. The fourth-order valence-corrected chi connectivity index (χ4v) is 2.83. The number of halogens is 3. The van der Waals surface area contributed by atoms with E-state index in [0.29, 0.717) is 0 Å². The van der Waals surface area contributed by atoms with Gasteiger partial charge in [0, 0.05) is 10.0 Å². The summed E-state index contributed by atoms with van der Waals surface area (Å²) in [6, 6.07) is 10.4. The first-order valence-electron chi connectivity index (χ1n) is 10.5. The second-order valence-corrected chi connectivity index (χ2v) is 19.6. The van der Waals surface area contributed by atoms with Gasteiger partial charge in [-0.3, -0.25) is 0 Å². The molecule has 0 nitrogen and oxygen atoms in total. The summed E-state index contributed by atoms with van der Waals surface area (Å²) >= 11 is 3.19. The van der Waals surface area contributed by atoms with Crippen LogP contribution in [-0.2, 0) is 12.8 Å². The third kappa shape index (κ3) is 15.2. The van der Waals surface area contributed by atoms with E-state index in [2.05, 4.69) is 72.2 Å². The Morgan fingerprint density at radius 2 is 1.25 bits per heavy atom. The van der Waals surface area contributed by atoms with Crippen molar-refractivity contribution < 1.29 is 8.78 Å². The van der Waals surface area contributed by atoms with Crippen LogP contribution in [0.1, 0.15) is 38.0 Å². The van der Waals surface area contributed by atoms with Gasteiger partial charge in [-0.15, -0.1) is 17.5 Å². The van der Waals surface area contributed by atoms with Crippen LogP contribution in [0, 0.1) is 35.1 Å². The average molecular weight is 538 g/mol. The summed E-state index contributed by atoms with van der Waals surface area (Å²) in [4.78, 5) is 0. The van der Waals surface area contributed by atoms with Crippen molar-refractivity contribution >= 4 is 32.1 Å². The number of aryl methyl sites for hydroxylation is 2. The highest BCUT2D eigenvalue weighted by atomic mass is 79.9. The molecule has 32 heavy (non-hydrogen) atoms. The Morgan fingerprint density at radius 1 is 0.812 bits per heavy atom. The summed E-state index contributed by atoms with van der Waals surface area (Å²) in [5.74, 6) is 2.78. The number of benzene rings is 2. The predicted octanol–water partition coefficient (Wildman–Crippen LogP) is 8.90. The number of hydrogen-bond acceptors (Lipinski definition) is 0. The van der Waals surface area contributed by atoms with Crippen molar-refractivity contribution in [2.24, 2.45) is 0 Å². The van der Waals surface area contributed by atoms with Gasteiger partial charge in [-0.2, -0.15) is 0 Å². The van der Waals surface area contributed by atoms with Crippen molar-refractivity contribution in [3.8, 4) is 23.4 Å². The molecule has 0 saturated carbocycles. The van der Waals surface area contributed by atoms with Crippen LogP contribution < -0.4 is 0 Å². The molecule has 0 heterocycles. The molecule has 0 aromatic heterocycles. The van der Waals surface area contributed by atoms with Crippen molar-refractivity contribution in [3.63, 3.8) is 0 Å². The molecule has 0 radical (unpaired) electrons. The van der Waals surface area contributed by atoms with Crippen molar-refractivity contribution in [1.82, 2.24) is 0 Å². The predicted molar refractivity (Wildman–Crippen MR) is 148 cm³/mol. The maximum Gasteiger partial charge on any atom is 0.129 e. The van der Waals surface area contributed by atoms with E-state index >= 15 is 0 Å². The highest BCUT2D eigenvalue weighted by molar-refractivity contribution is 9.10. The molecule has 0 unspecified atom stereocenters. The van der Waals surface area contributed by atoms with Gasteiger partial charge in [0.05, 0.1) is 0 Å². The smallest absolute Gasteiger partial charge is 0.129 e. The molecule has 176 valence electrons. The molecule has 0 atom stereocenters. The fraction of sp³-hybridized carbons (Fsp3) is 0.407. The van der Waals surface area contributed by atoms with Gasteiger partial charge < -0.3 is 0 Å². The molecule has 0 N–H and O–H groups in total. The van der Waals surface area contributed by atoms with Crippen LogP contribution in [0.3, 0.4) is 0 Å². The molecule has 0 amide bonds. The molecule has 2 aromatic rings. The van der Waals surface area contributed by atoms with Crippen LogP contribution in [0.25, 0.3) is 0 Å². The quantitative estimate of drug-likeness (QED) is 0.265.